The van der Waals surface area contributed by atoms with E-state index in [1.54, 1.807) is 0 Å². The third-order valence-corrected chi connectivity index (χ3v) is 2.72. The number of benzene rings is 2. The van der Waals surface area contributed by atoms with E-state index in [0.29, 0.717) is 0 Å². The molecule has 0 saturated carbocycles. The van der Waals surface area contributed by atoms with Crippen LogP contribution in [0.5, 0.6) is 0 Å². The molecule has 0 aliphatic heterocycles. The van der Waals surface area contributed by atoms with E-state index in [2.05, 4.69) is 50.2 Å². The highest BCUT2D eigenvalue weighted by Crippen LogP contribution is 2.20. The first-order valence-corrected chi connectivity index (χ1v) is 5.29. The number of hydrogen-bond acceptors (Lipinski definition) is 0. The molecule has 14 heavy (non-hydrogen) atoms. The van der Waals surface area contributed by atoms with Crippen LogP contribution in [0.2, 0.25) is 0 Å². The lowest BCUT2D eigenvalue weighted by Crippen LogP contribution is -1.88. The Hall–Kier alpha value is -1.30. The van der Waals surface area contributed by atoms with Crippen LogP contribution in [0.4, 0.5) is 0 Å². The molecule has 0 amide bonds. The molecule has 0 atom stereocenters. The minimum absolute atomic E-state index is 1.19. The SMILES string of the molecule is CCCc1cc2ccccc2cc1C. The minimum Gasteiger partial charge on any atom is -0.0651 e. The van der Waals surface area contributed by atoms with Crippen molar-refractivity contribution in [1.29, 1.82) is 0 Å². The van der Waals surface area contributed by atoms with Crippen LogP contribution >= 0.6 is 0 Å². The molecule has 0 aromatic heterocycles. The van der Waals surface area contributed by atoms with Crippen molar-refractivity contribution < 1.29 is 0 Å². The predicted molar refractivity (Wildman–Crippen MR) is 62.7 cm³/mol. The number of hydrogen-bond donors (Lipinski definition) is 0. The summed E-state index contributed by atoms with van der Waals surface area (Å²) in [6, 6.07) is 13.2. The maximum absolute atomic E-state index is 2.33. The van der Waals surface area contributed by atoms with Gasteiger partial charge in [-0.25, -0.2) is 0 Å². The number of fused-ring (bicyclic) bond motifs is 1. The summed E-state index contributed by atoms with van der Waals surface area (Å²) in [5.41, 5.74) is 2.91. The van der Waals surface area contributed by atoms with Crippen LogP contribution in [0, 0.1) is 6.92 Å². The van der Waals surface area contributed by atoms with Gasteiger partial charge in [-0.2, -0.15) is 0 Å². The van der Waals surface area contributed by atoms with Crippen LogP contribution in [0.15, 0.2) is 36.4 Å². The van der Waals surface area contributed by atoms with Gasteiger partial charge in [0.25, 0.3) is 0 Å². The summed E-state index contributed by atoms with van der Waals surface area (Å²) < 4.78 is 0. The third-order valence-electron chi connectivity index (χ3n) is 2.72. The predicted octanol–water partition coefficient (Wildman–Crippen LogP) is 4.10. The molecule has 0 spiro atoms. The highest BCUT2D eigenvalue weighted by molar-refractivity contribution is 5.84. The standard InChI is InChI=1S/C14H16/c1-3-6-12-10-14-8-5-4-7-13(14)9-11(12)2/h4-5,7-10H,3,6H2,1-2H3. The molecule has 2 aromatic rings. The maximum atomic E-state index is 2.33. The van der Waals surface area contributed by atoms with Gasteiger partial charge in [-0.1, -0.05) is 49.7 Å². The average Bonchev–Trinajstić information content (AvgIpc) is 2.19. The first-order chi connectivity index (χ1) is 6.81. The Bertz CT molecular complexity index is 441. The molecule has 0 nitrogen and oxygen atoms in total. The van der Waals surface area contributed by atoms with E-state index in [1.807, 2.05) is 0 Å². The summed E-state index contributed by atoms with van der Waals surface area (Å²) in [4.78, 5) is 0. The van der Waals surface area contributed by atoms with Crippen molar-refractivity contribution in [3.8, 4) is 0 Å². The summed E-state index contributed by atoms with van der Waals surface area (Å²) in [6.45, 7) is 4.44. The minimum atomic E-state index is 1.19. The quantitative estimate of drug-likeness (QED) is 0.659. The lowest BCUT2D eigenvalue weighted by Gasteiger charge is -2.06. The highest BCUT2D eigenvalue weighted by Gasteiger charge is 1.99. The topological polar surface area (TPSA) is 0 Å². The van der Waals surface area contributed by atoms with Gasteiger partial charge in [-0.05, 0) is 35.2 Å². The lowest BCUT2D eigenvalue weighted by atomic mass is 9.99. The second kappa shape index (κ2) is 3.83. The first-order valence-electron chi connectivity index (χ1n) is 5.29. The third kappa shape index (κ3) is 1.65. The highest BCUT2D eigenvalue weighted by atomic mass is 14.0. The molecule has 2 aromatic carbocycles. The van der Waals surface area contributed by atoms with Crippen LogP contribution in [-0.2, 0) is 6.42 Å². The molecule has 0 unspecified atom stereocenters. The molecule has 0 aliphatic rings. The molecular weight excluding hydrogens is 168 g/mol. The second-order valence-electron chi connectivity index (χ2n) is 3.88. The number of aryl methyl sites for hydroxylation is 2. The van der Waals surface area contributed by atoms with Gasteiger partial charge in [-0.15, -0.1) is 0 Å². The molecule has 0 aliphatic carbocycles. The Morgan fingerprint density at radius 1 is 1.00 bits per heavy atom. The monoisotopic (exact) mass is 184 g/mol. The van der Waals surface area contributed by atoms with E-state index in [4.69, 9.17) is 0 Å². The van der Waals surface area contributed by atoms with Crippen molar-refractivity contribution in [3.05, 3.63) is 47.5 Å². The molecular formula is C14H16. The molecule has 0 bridgehead atoms. The normalized spacial score (nSPS) is 10.7. The first kappa shape index (κ1) is 9.26. The van der Waals surface area contributed by atoms with Gasteiger partial charge in [0.1, 0.15) is 0 Å². The van der Waals surface area contributed by atoms with E-state index in [0.717, 1.165) is 0 Å². The van der Waals surface area contributed by atoms with Crippen molar-refractivity contribution in [2.24, 2.45) is 0 Å². The van der Waals surface area contributed by atoms with Crippen LogP contribution < -0.4 is 0 Å². The van der Waals surface area contributed by atoms with Gasteiger partial charge in [0, 0.05) is 0 Å². The van der Waals surface area contributed by atoms with Gasteiger partial charge in [0.05, 0.1) is 0 Å². The summed E-state index contributed by atoms with van der Waals surface area (Å²) >= 11 is 0. The molecule has 0 fully saturated rings. The summed E-state index contributed by atoms with van der Waals surface area (Å²) in [5, 5.41) is 2.71. The van der Waals surface area contributed by atoms with Crippen molar-refractivity contribution in [1.82, 2.24) is 0 Å². The van der Waals surface area contributed by atoms with Crippen molar-refractivity contribution in [2.75, 3.05) is 0 Å². The maximum Gasteiger partial charge on any atom is -0.0181 e. The largest absolute Gasteiger partial charge is 0.0651 e. The lowest BCUT2D eigenvalue weighted by molar-refractivity contribution is 0.915. The molecule has 0 N–H and O–H groups in total. The Morgan fingerprint density at radius 2 is 1.64 bits per heavy atom. The Kier molecular flexibility index (Phi) is 2.53. The van der Waals surface area contributed by atoms with Crippen LogP contribution in [0.1, 0.15) is 24.5 Å². The summed E-state index contributed by atoms with van der Waals surface area (Å²) in [6.07, 6.45) is 2.41. The van der Waals surface area contributed by atoms with Gasteiger partial charge in [0.2, 0.25) is 0 Å². The van der Waals surface area contributed by atoms with Gasteiger partial charge in [-0.3, -0.25) is 0 Å². The second-order valence-corrected chi connectivity index (χ2v) is 3.88. The van der Waals surface area contributed by atoms with Gasteiger partial charge in [0.15, 0.2) is 0 Å². The van der Waals surface area contributed by atoms with Crippen molar-refractivity contribution in [3.63, 3.8) is 0 Å². The van der Waals surface area contributed by atoms with Crippen molar-refractivity contribution in [2.45, 2.75) is 26.7 Å². The van der Waals surface area contributed by atoms with E-state index < -0.39 is 0 Å². The van der Waals surface area contributed by atoms with E-state index >= 15 is 0 Å². The Morgan fingerprint density at radius 3 is 2.29 bits per heavy atom. The van der Waals surface area contributed by atoms with E-state index in [-0.39, 0.29) is 0 Å². The average molecular weight is 184 g/mol. The molecule has 2 rings (SSSR count). The number of rotatable bonds is 2. The van der Waals surface area contributed by atoms with Crippen LogP contribution in [-0.4, -0.2) is 0 Å². The Balaban J connectivity index is 2.59. The van der Waals surface area contributed by atoms with Crippen LogP contribution in [0.3, 0.4) is 0 Å². The fourth-order valence-electron chi connectivity index (χ4n) is 1.94. The molecule has 72 valence electrons. The van der Waals surface area contributed by atoms with E-state index in [1.165, 1.54) is 34.7 Å². The molecule has 0 heterocycles. The zero-order chi connectivity index (χ0) is 9.97. The summed E-state index contributed by atoms with van der Waals surface area (Å²) in [7, 11) is 0. The summed E-state index contributed by atoms with van der Waals surface area (Å²) in [5.74, 6) is 0. The van der Waals surface area contributed by atoms with Gasteiger partial charge < -0.3 is 0 Å². The van der Waals surface area contributed by atoms with E-state index in [9.17, 15) is 0 Å². The van der Waals surface area contributed by atoms with Crippen molar-refractivity contribution >= 4 is 10.8 Å². The zero-order valence-corrected chi connectivity index (χ0v) is 8.88. The van der Waals surface area contributed by atoms with Gasteiger partial charge >= 0.3 is 0 Å². The molecule has 0 saturated heterocycles. The van der Waals surface area contributed by atoms with Crippen LogP contribution in [0.25, 0.3) is 10.8 Å². The molecule has 0 radical (unpaired) electrons. The fourth-order valence-corrected chi connectivity index (χ4v) is 1.94. The molecule has 0 heteroatoms. The Labute approximate surface area is 85.6 Å². The zero-order valence-electron chi connectivity index (χ0n) is 8.88. The fraction of sp³-hybridized carbons (Fsp3) is 0.286. The smallest absolute Gasteiger partial charge is 0.0181 e.